The van der Waals surface area contributed by atoms with Crippen LogP contribution in [-0.4, -0.2) is 12.6 Å². The predicted molar refractivity (Wildman–Crippen MR) is 79.7 cm³/mol. The lowest BCUT2D eigenvalue weighted by atomic mass is 9.82. The van der Waals surface area contributed by atoms with Gasteiger partial charge in [0.2, 0.25) is 0 Å². The van der Waals surface area contributed by atoms with E-state index < -0.39 is 0 Å². The van der Waals surface area contributed by atoms with Crippen molar-refractivity contribution in [1.82, 2.24) is 0 Å². The molecule has 1 aliphatic heterocycles. The van der Waals surface area contributed by atoms with E-state index in [1.165, 1.54) is 17.2 Å². The van der Waals surface area contributed by atoms with Gasteiger partial charge in [-0.25, -0.2) is 4.39 Å². The Morgan fingerprint density at radius 2 is 1.86 bits per heavy atom. The lowest BCUT2D eigenvalue weighted by Gasteiger charge is -2.35. The summed E-state index contributed by atoms with van der Waals surface area (Å²) < 4.78 is 19.7. The molecule has 1 aliphatic carbocycles. The van der Waals surface area contributed by atoms with Crippen molar-refractivity contribution in [3.63, 3.8) is 0 Å². The monoisotopic (exact) mass is 283 g/mol. The summed E-state index contributed by atoms with van der Waals surface area (Å²) in [6, 6.07) is 13.6. The molecule has 2 aromatic rings. The Bertz CT molecular complexity index is 685. The van der Waals surface area contributed by atoms with Crippen molar-refractivity contribution in [3.8, 4) is 0 Å². The first kappa shape index (κ1) is 13.0. The van der Waals surface area contributed by atoms with Crippen LogP contribution in [0.2, 0.25) is 0 Å². The molecule has 2 nitrogen and oxygen atoms in total. The molecule has 1 fully saturated rings. The van der Waals surface area contributed by atoms with Crippen molar-refractivity contribution >= 4 is 0 Å². The molecule has 2 N–H and O–H groups in total. The summed E-state index contributed by atoms with van der Waals surface area (Å²) in [5.74, 6) is 0.0185. The number of benzene rings is 2. The van der Waals surface area contributed by atoms with Crippen molar-refractivity contribution in [2.45, 2.75) is 30.9 Å². The van der Waals surface area contributed by atoms with E-state index in [1.54, 1.807) is 6.07 Å². The highest BCUT2D eigenvalue weighted by atomic mass is 19.1. The molecule has 0 bridgehead atoms. The molecule has 3 heteroatoms. The number of hydrogen-bond donors (Lipinski definition) is 1. The lowest BCUT2D eigenvalue weighted by molar-refractivity contribution is -0.0127. The van der Waals surface area contributed by atoms with Gasteiger partial charge in [-0.2, -0.15) is 0 Å². The fraction of sp³-hybridized carbons (Fsp3) is 0.333. The molecule has 1 saturated heterocycles. The van der Waals surface area contributed by atoms with Gasteiger partial charge in [0.05, 0.1) is 12.7 Å². The number of nitrogens with two attached hydrogens (primary N) is 1. The van der Waals surface area contributed by atoms with Crippen LogP contribution in [0, 0.1) is 5.82 Å². The Morgan fingerprint density at radius 1 is 1.05 bits per heavy atom. The van der Waals surface area contributed by atoms with Crippen molar-refractivity contribution in [3.05, 3.63) is 70.5 Å². The van der Waals surface area contributed by atoms with Crippen LogP contribution in [-0.2, 0) is 11.2 Å². The van der Waals surface area contributed by atoms with Gasteiger partial charge in [0.15, 0.2) is 0 Å². The first-order valence-electron chi connectivity index (χ1n) is 7.45. The van der Waals surface area contributed by atoms with Crippen molar-refractivity contribution in [2.75, 3.05) is 6.61 Å². The Balaban J connectivity index is 1.91. The zero-order valence-corrected chi connectivity index (χ0v) is 11.8. The van der Waals surface area contributed by atoms with Crippen LogP contribution in [0.1, 0.15) is 40.7 Å². The highest BCUT2D eigenvalue weighted by Crippen LogP contribution is 2.45. The molecule has 4 rings (SSSR count). The summed E-state index contributed by atoms with van der Waals surface area (Å²) in [4.78, 5) is 0. The minimum atomic E-state index is -0.197. The standard InChI is InChI=1S/C18H18FNO/c19-13-6-5-12-7-11-3-1-2-4-15(11)17-9-14(20)10-21-18(17)16(12)8-13/h1-6,8,14,17-18H,7,9-10,20H2/t14-,17+,18-/m0/s1. The minimum Gasteiger partial charge on any atom is -0.371 e. The largest absolute Gasteiger partial charge is 0.371 e. The summed E-state index contributed by atoms with van der Waals surface area (Å²) >= 11 is 0. The minimum absolute atomic E-state index is 0.0504. The van der Waals surface area contributed by atoms with E-state index >= 15 is 0 Å². The fourth-order valence-corrected chi connectivity index (χ4v) is 3.71. The van der Waals surface area contributed by atoms with Gasteiger partial charge in [0, 0.05) is 12.0 Å². The van der Waals surface area contributed by atoms with E-state index in [0.717, 1.165) is 24.0 Å². The lowest BCUT2D eigenvalue weighted by Crippen LogP contribution is -2.36. The van der Waals surface area contributed by atoms with Crippen LogP contribution in [0.3, 0.4) is 0 Å². The average molecular weight is 283 g/mol. The highest BCUT2D eigenvalue weighted by molar-refractivity contribution is 5.44. The Morgan fingerprint density at radius 3 is 2.76 bits per heavy atom. The van der Waals surface area contributed by atoms with Crippen molar-refractivity contribution < 1.29 is 9.13 Å². The molecule has 3 atom stereocenters. The zero-order chi connectivity index (χ0) is 14.4. The van der Waals surface area contributed by atoms with Gasteiger partial charge in [0.25, 0.3) is 0 Å². The van der Waals surface area contributed by atoms with Gasteiger partial charge in [-0.1, -0.05) is 30.3 Å². The van der Waals surface area contributed by atoms with Gasteiger partial charge in [-0.05, 0) is 47.2 Å². The number of fused-ring (bicyclic) bond motifs is 5. The SMILES string of the molecule is N[C@@H]1CO[C@H]2c3cc(F)ccc3Cc3ccccc3[C@H]2C1. The Hall–Kier alpha value is -1.71. The summed E-state index contributed by atoms with van der Waals surface area (Å²) in [6.45, 7) is 0.541. The maximum Gasteiger partial charge on any atom is 0.123 e. The van der Waals surface area contributed by atoms with E-state index in [2.05, 4.69) is 24.3 Å². The second-order valence-corrected chi connectivity index (χ2v) is 6.07. The molecule has 0 saturated carbocycles. The molecule has 1 heterocycles. The molecule has 0 aromatic heterocycles. The van der Waals surface area contributed by atoms with Crippen molar-refractivity contribution in [1.29, 1.82) is 0 Å². The van der Waals surface area contributed by atoms with Crippen molar-refractivity contribution in [2.24, 2.45) is 5.73 Å². The third kappa shape index (κ3) is 2.17. The predicted octanol–water partition coefficient (Wildman–Crippen LogP) is 3.30. The topological polar surface area (TPSA) is 35.2 Å². The van der Waals surface area contributed by atoms with Gasteiger partial charge in [0.1, 0.15) is 5.82 Å². The fourth-order valence-electron chi connectivity index (χ4n) is 3.71. The third-order valence-corrected chi connectivity index (χ3v) is 4.66. The number of rotatable bonds is 0. The highest BCUT2D eigenvalue weighted by Gasteiger charge is 2.36. The van der Waals surface area contributed by atoms with E-state index in [9.17, 15) is 4.39 Å². The van der Waals surface area contributed by atoms with Gasteiger partial charge in [-0.3, -0.25) is 0 Å². The van der Waals surface area contributed by atoms with Crippen LogP contribution in [0.4, 0.5) is 4.39 Å². The van der Waals surface area contributed by atoms with E-state index in [4.69, 9.17) is 10.5 Å². The average Bonchev–Trinajstić information content (AvgIpc) is 2.62. The molecule has 0 spiro atoms. The second kappa shape index (κ2) is 4.93. The number of halogens is 1. The molecule has 2 aromatic carbocycles. The maximum atomic E-state index is 13.7. The van der Waals surface area contributed by atoms with E-state index in [0.29, 0.717) is 6.61 Å². The Labute approximate surface area is 123 Å². The molecular weight excluding hydrogens is 265 g/mol. The second-order valence-electron chi connectivity index (χ2n) is 6.07. The number of hydrogen-bond acceptors (Lipinski definition) is 2. The quantitative estimate of drug-likeness (QED) is 0.805. The molecule has 2 aliphatic rings. The normalized spacial score (nSPS) is 27.2. The number of ether oxygens (including phenoxy) is 1. The van der Waals surface area contributed by atoms with Gasteiger partial charge < -0.3 is 10.5 Å². The maximum absolute atomic E-state index is 13.7. The van der Waals surface area contributed by atoms with E-state index in [1.807, 2.05) is 6.07 Å². The smallest absolute Gasteiger partial charge is 0.123 e. The molecular formula is C18H18FNO. The van der Waals surface area contributed by atoms with Crippen LogP contribution >= 0.6 is 0 Å². The summed E-state index contributed by atoms with van der Waals surface area (Å²) in [7, 11) is 0. The summed E-state index contributed by atoms with van der Waals surface area (Å²) in [5, 5.41) is 0. The molecule has 0 radical (unpaired) electrons. The van der Waals surface area contributed by atoms with Crippen LogP contribution in [0.5, 0.6) is 0 Å². The summed E-state index contributed by atoms with van der Waals surface area (Å²) in [5.41, 5.74) is 10.9. The van der Waals surface area contributed by atoms with Gasteiger partial charge in [-0.15, -0.1) is 0 Å². The van der Waals surface area contributed by atoms with Crippen LogP contribution in [0.25, 0.3) is 0 Å². The third-order valence-electron chi connectivity index (χ3n) is 4.66. The van der Waals surface area contributed by atoms with E-state index in [-0.39, 0.29) is 23.9 Å². The first-order chi connectivity index (χ1) is 10.2. The zero-order valence-electron chi connectivity index (χ0n) is 11.8. The Kier molecular flexibility index (Phi) is 3.05. The van der Waals surface area contributed by atoms with Crippen LogP contribution in [0.15, 0.2) is 42.5 Å². The molecule has 0 amide bonds. The van der Waals surface area contributed by atoms with Gasteiger partial charge >= 0.3 is 0 Å². The summed E-state index contributed by atoms with van der Waals surface area (Å²) in [6.07, 6.45) is 1.63. The molecule has 21 heavy (non-hydrogen) atoms. The van der Waals surface area contributed by atoms with Crippen LogP contribution < -0.4 is 5.73 Å². The molecule has 0 unspecified atom stereocenters. The first-order valence-corrected chi connectivity index (χ1v) is 7.45. The molecule has 108 valence electrons.